The molecule has 19 heavy (non-hydrogen) atoms. The smallest absolute Gasteiger partial charge is 0.166 e. The van der Waals surface area contributed by atoms with Gasteiger partial charge in [-0.1, -0.05) is 23.7 Å². The van der Waals surface area contributed by atoms with E-state index in [9.17, 15) is 0 Å². The maximum absolute atomic E-state index is 6.04. The highest BCUT2D eigenvalue weighted by atomic mass is 35.5. The van der Waals surface area contributed by atoms with Gasteiger partial charge < -0.3 is 9.47 Å². The maximum atomic E-state index is 6.04. The molecule has 0 fully saturated rings. The van der Waals surface area contributed by atoms with Crippen molar-refractivity contribution in [2.24, 2.45) is 0 Å². The topological polar surface area (TPSA) is 31.4 Å². The number of hydrogen-bond donors (Lipinski definition) is 0. The third-order valence-corrected chi connectivity index (χ3v) is 3.28. The van der Waals surface area contributed by atoms with Crippen LogP contribution in [-0.2, 0) is 12.5 Å². The Morgan fingerprint density at radius 3 is 2.74 bits per heavy atom. The summed E-state index contributed by atoms with van der Waals surface area (Å²) in [6.07, 6.45) is 3.26. The number of rotatable bonds is 5. The molecule has 0 saturated carbocycles. The summed E-state index contributed by atoms with van der Waals surface area (Å²) in [5.41, 5.74) is 1.74. The molecule has 0 saturated heterocycles. The number of nitrogens with zero attached hydrogens (tertiary/aromatic N) is 1. The van der Waals surface area contributed by atoms with Crippen molar-refractivity contribution in [2.75, 3.05) is 7.11 Å². The van der Waals surface area contributed by atoms with Crippen LogP contribution in [0.3, 0.4) is 0 Å². The second kappa shape index (κ2) is 6.64. The molecule has 100 valence electrons. The molecule has 0 aliphatic carbocycles. The number of hydrogen-bond acceptors (Lipinski definition) is 3. The first-order valence-corrected chi connectivity index (χ1v) is 6.60. The van der Waals surface area contributed by atoms with Gasteiger partial charge in [0.1, 0.15) is 6.61 Å². The van der Waals surface area contributed by atoms with E-state index in [-0.39, 0.29) is 0 Å². The van der Waals surface area contributed by atoms with Gasteiger partial charge >= 0.3 is 0 Å². The average Bonchev–Trinajstić information content (AvgIpc) is 2.46. The minimum absolute atomic E-state index is 0.339. The third-order valence-electron chi connectivity index (χ3n) is 2.65. The van der Waals surface area contributed by atoms with Gasteiger partial charge in [-0.25, -0.2) is 0 Å². The lowest BCUT2D eigenvalue weighted by molar-refractivity contribution is 0.282. The second-order valence-corrected chi connectivity index (χ2v) is 4.51. The summed E-state index contributed by atoms with van der Waals surface area (Å²) < 4.78 is 11.1. The van der Waals surface area contributed by atoms with Crippen LogP contribution in [-0.4, -0.2) is 12.1 Å². The van der Waals surface area contributed by atoms with Crippen LogP contribution in [0.15, 0.2) is 36.7 Å². The Labute approximate surface area is 122 Å². The molecule has 1 aromatic carbocycles. The normalized spacial score (nSPS) is 10.3. The van der Waals surface area contributed by atoms with E-state index in [0.717, 1.165) is 11.1 Å². The van der Waals surface area contributed by atoms with E-state index >= 15 is 0 Å². The number of alkyl halides is 1. The lowest BCUT2D eigenvalue weighted by Crippen LogP contribution is -2.01. The van der Waals surface area contributed by atoms with Crippen LogP contribution in [0.1, 0.15) is 11.1 Å². The van der Waals surface area contributed by atoms with Crippen molar-refractivity contribution in [3.8, 4) is 11.5 Å². The second-order valence-electron chi connectivity index (χ2n) is 3.84. The van der Waals surface area contributed by atoms with Gasteiger partial charge in [0.25, 0.3) is 0 Å². The van der Waals surface area contributed by atoms with E-state index in [2.05, 4.69) is 4.98 Å². The zero-order valence-electron chi connectivity index (χ0n) is 10.4. The minimum atomic E-state index is 0.339. The molecule has 5 heteroatoms. The number of pyridine rings is 1. The van der Waals surface area contributed by atoms with Crippen molar-refractivity contribution < 1.29 is 9.47 Å². The summed E-state index contributed by atoms with van der Waals surface area (Å²) in [5, 5.41) is 0.574. The Hall–Kier alpha value is -1.45. The first-order valence-electron chi connectivity index (χ1n) is 5.69. The van der Waals surface area contributed by atoms with Crippen LogP contribution in [0.2, 0.25) is 5.02 Å². The van der Waals surface area contributed by atoms with Crippen molar-refractivity contribution in [2.45, 2.75) is 12.5 Å². The molecule has 0 aliphatic rings. The van der Waals surface area contributed by atoms with E-state index < -0.39 is 0 Å². The fourth-order valence-corrected chi connectivity index (χ4v) is 2.05. The van der Waals surface area contributed by atoms with Gasteiger partial charge in [-0.05, 0) is 12.1 Å². The number of aromatic nitrogens is 1. The van der Waals surface area contributed by atoms with Gasteiger partial charge in [-0.2, -0.15) is 0 Å². The molecule has 1 heterocycles. The lowest BCUT2D eigenvalue weighted by Gasteiger charge is -2.14. The molecular formula is C14H13Cl2NO2. The Morgan fingerprint density at radius 1 is 1.21 bits per heavy atom. The van der Waals surface area contributed by atoms with E-state index in [4.69, 9.17) is 32.7 Å². The van der Waals surface area contributed by atoms with E-state index in [1.165, 1.54) is 0 Å². The molecule has 0 N–H and O–H groups in total. The average molecular weight is 298 g/mol. The molecule has 0 bridgehead atoms. The summed E-state index contributed by atoms with van der Waals surface area (Å²) in [6, 6.07) is 7.43. The number of benzene rings is 1. The Bertz CT molecular complexity index is 539. The standard InChI is InChI=1S/C14H13Cl2NO2/c1-18-13-4-2-3-10(7-15)14(13)19-9-11-5-6-17-8-12(11)16/h2-6,8H,7,9H2,1H3. The predicted molar refractivity (Wildman–Crippen MR) is 76.1 cm³/mol. The number of methoxy groups -OCH3 is 1. The molecular weight excluding hydrogens is 285 g/mol. The summed E-state index contributed by atoms with van der Waals surface area (Å²) in [7, 11) is 1.60. The summed E-state index contributed by atoms with van der Waals surface area (Å²) in [6.45, 7) is 0.339. The molecule has 2 aromatic rings. The molecule has 3 nitrogen and oxygen atoms in total. The van der Waals surface area contributed by atoms with Crippen molar-refractivity contribution in [1.29, 1.82) is 0 Å². The van der Waals surface area contributed by atoms with Crippen LogP contribution >= 0.6 is 23.2 Å². The fraction of sp³-hybridized carbons (Fsp3) is 0.214. The maximum Gasteiger partial charge on any atom is 0.166 e. The number of halogens is 2. The molecule has 0 amide bonds. The Morgan fingerprint density at radius 2 is 2.05 bits per heavy atom. The van der Waals surface area contributed by atoms with E-state index in [1.807, 2.05) is 24.3 Å². The summed E-state index contributed by atoms with van der Waals surface area (Å²) in [4.78, 5) is 3.93. The van der Waals surface area contributed by atoms with Crippen LogP contribution in [0.4, 0.5) is 0 Å². The van der Waals surface area contributed by atoms with Crippen LogP contribution < -0.4 is 9.47 Å². The number of para-hydroxylation sites is 1. The monoisotopic (exact) mass is 297 g/mol. The molecule has 2 rings (SSSR count). The highest BCUT2D eigenvalue weighted by Gasteiger charge is 2.10. The predicted octanol–water partition coefficient (Wildman–Crippen LogP) is 4.06. The summed E-state index contributed by atoms with van der Waals surface area (Å²) in [5.74, 6) is 1.66. The molecule has 0 aliphatic heterocycles. The third kappa shape index (κ3) is 3.31. The lowest BCUT2D eigenvalue weighted by atomic mass is 10.2. The number of ether oxygens (including phenoxy) is 2. The quantitative estimate of drug-likeness (QED) is 0.780. The Balaban J connectivity index is 2.21. The first-order chi connectivity index (χ1) is 9.26. The highest BCUT2D eigenvalue weighted by Crippen LogP contribution is 2.33. The molecule has 0 atom stereocenters. The van der Waals surface area contributed by atoms with Crippen LogP contribution in [0.25, 0.3) is 0 Å². The van der Waals surface area contributed by atoms with Gasteiger partial charge in [0.05, 0.1) is 18.0 Å². The van der Waals surface area contributed by atoms with Crippen LogP contribution in [0, 0.1) is 0 Å². The van der Waals surface area contributed by atoms with E-state index in [0.29, 0.717) is 29.0 Å². The Kier molecular flexibility index (Phi) is 4.88. The van der Waals surface area contributed by atoms with Crippen molar-refractivity contribution in [1.82, 2.24) is 4.98 Å². The molecule has 1 aromatic heterocycles. The highest BCUT2D eigenvalue weighted by molar-refractivity contribution is 6.31. The van der Waals surface area contributed by atoms with Crippen molar-refractivity contribution in [3.05, 3.63) is 52.8 Å². The van der Waals surface area contributed by atoms with E-state index in [1.54, 1.807) is 19.5 Å². The SMILES string of the molecule is COc1cccc(CCl)c1OCc1ccncc1Cl. The zero-order valence-corrected chi connectivity index (χ0v) is 11.9. The fourth-order valence-electron chi connectivity index (χ4n) is 1.66. The molecule has 0 unspecified atom stereocenters. The van der Waals surface area contributed by atoms with Crippen molar-refractivity contribution in [3.63, 3.8) is 0 Å². The summed E-state index contributed by atoms with van der Waals surface area (Å²) >= 11 is 11.9. The first kappa shape index (κ1) is 14.0. The van der Waals surface area contributed by atoms with Gasteiger partial charge in [-0.3, -0.25) is 4.98 Å². The van der Waals surface area contributed by atoms with Gasteiger partial charge in [0.2, 0.25) is 0 Å². The molecule has 0 radical (unpaired) electrons. The largest absolute Gasteiger partial charge is 0.493 e. The zero-order chi connectivity index (χ0) is 13.7. The molecule has 0 spiro atoms. The van der Waals surface area contributed by atoms with Gasteiger partial charge in [0.15, 0.2) is 11.5 Å². The minimum Gasteiger partial charge on any atom is -0.493 e. The van der Waals surface area contributed by atoms with Crippen molar-refractivity contribution >= 4 is 23.2 Å². The van der Waals surface area contributed by atoms with Gasteiger partial charge in [0, 0.05) is 23.5 Å². The van der Waals surface area contributed by atoms with Crippen LogP contribution in [0.5, 0.6) is 11.5 Å². The van der Waals surface area contributed by atoms with Gasteiger partial charge in [-0.15, -0.1) is 11.6 Å².